The van der Waals surface area contributed by atoms with E-state index in [-0.39, 0.29) is 6.61 Å². The minimum Gasteiger partial charge on any atom is -0.478 e. The van der Waals surface area contributed by atoms with Gasteiger partial charge in [-0.3, -0.25) is 0 Å². The van der Waals surface area contributed by atoms with E-state index in [0.29, 0.717) is 17.6 Å². The highest BCUT2D eigenvalue weighted by Crippen LogP contribution is 2.40. The Labute approximate surface area is 174 Å². The lowest BCUT2D eigenvalue weighted by molar-refractivity contribution is -0.134. The lowest BCUT2D eigenvalue weighted by Gasteiger charge is -2.32. The third-order valence-corrected chi connectivity index (χ3v) is 4.56. The molecule has 0 aromatic rings. The van der Waals surface area contributed by atoms with Gasteiger partial charge in [0.05, 0.1) is 6.61 Å². The summed E-state index contributed by atoms with van der Waals surface area (Å²) in [4.78, 5) is 19.1. The van der Waals surface area contributed by atoms with Crippen LogP contribution in [0.2, 0.25) is 0 Å². The van der Waals surface area contributed by atoms with Gasteiger partial charge in [0.15, 0.2) is 0 Å². The molecule has 1 aliphatic rings. The van der Waals surface area contributed by atoms with Crippen LogP contribution in [0.25, 0.3) is 0 Å². The standard InChI is InChI=1S/C20H30O.C4H4O4/c1-16(8-6-9-17(2)13-15-21)11-12-19-18(3)10-7-14-20(19,4)5;5-3(6)1-2-4(7)8/h6,8-9,11-13,21H,7,10,14-15H2,1-5H3;1-2H,(H,5,6)(H,7,8)/b9-6+,12-11+,16-8+,17-13+;2-1+. The minimum absolute atomic E-state index is 0.0985. The van der Waals surface area contributed by atoms with Gasteiger partial charge in [0.2, 0.25) is 0 Å². The summed E-state index contributed by atoms with van der Waals surface area (Å²) in [5, 5.41) is 24.4. The highest BCUT2D eigenvalue weighted by atomic mass is 16.4. The van der Waals surface area contributed by atoms with Crippen LogP contribution in [-0.4, -0.2) is 33.9 Å². The molecule has 0 saturated heterocycles. The molecule has 1 aliphatic carbocycles. The number of aliphatic hydroxyl groups excluding tert-OH is 1. The second-order valence-corrected chi connectivity index (χ2v) is 7.68. The molecule has 0 spiro atoms. The van der Waals surface area contributed by atoms with E-state index >= 15 is 0 Å². The first kappa shape index (κ1) is 26.3. The molecule has 0 heterocycles. The zero-order chi connectivity index (χ0) is 22.4. The van der Waals surface area contributed by atoms with E-state index in [2.05, 4.69) is 45.9 Å². The van der Waals surface area contributed by atoms with Gasteiger partial charge in [-0.15, -0.1) is 0 Å². The first-order valence-electron chi connectivity index (χ1n) is 9.64. The van der Waals surface area contributed by atoms with Crippen molar-refractivity contribution in [3.63, 3.8) is 0 Å². The topological polar surface area (TPSA) is 94.8 Å². The second-order valence-electron chi connectivity index (χ2n) is 7.68. The van der Waals surface area contributed by atoms with Crippen molar-refractivity contribution in [1.29, 1.82) is 0 Å². The van der Waals surface area contributed by atoms with E-state index in [9.17, 15) is 9.59 Å². The summed E-state index contributed by atoms with van der Waals surface area (Å²) in [5.74, 6) is -2.51. The maximum absolute atomic E-state index is 9.55. The average Bonchev–Trinajstić information content (AvgIpc) is 2.60. The van der Waals surface area contributed by atoms with Crippen LogP contribution < -0.4 is 0 Å². The largest absolute Gasteiger partial charge is 0.478 e. The van der Waals surface area contributed by atoms with E-state index in [1.807, 2.05) is 19.1 Å². The molecular weight excluding hydrogens is 368 g/mol. The lowest BCUT2D eigenvalue weighted by atomic mass is 9.72. The van der Waals surface area contributed by atoms with Crippen LogP contribution >= 0.6 is 0 Å². The second kappa shape index (κ2) is 13.5. The normalized spacial score (nSPS) is 17.7. The number of rotatable bonds is 7. The van der Waals surface area contributed by atoms with Crippen molar-refractivity contribution < 1.29 is 24.9 Å². The predicted octanol–water partition coefficient (Wildman–Crippen LogP) is 5.22. The predicted molar refractivity (Wildman–Crippen MR) is 118 cm³/mol. The Bertz CT molecular complexity index is 727. The third kappa shape index (κ3) is 12.4. The first-order chi connectivity index (χ1) is 13.5. The van der Waals surface area contributed by atoms with Crippen LogP contribution in [0.3, 0.4) is 0 Å². The van der Waals surface area contributed by atoms with Gasteiger partial charge >= 0.3 is 11.9 Å². The number of hydrogen-bond acceptors (Lipinski definition) is 3. The Morgan fingerprint density at radius 3 is 2.07 bits per heavy atom. The van der Waals surface area contributed by atoms with Crippen molar-refractivity contribution in [3.05, 3.63) is 70.9 Å². The molecule has 1 rings (SSSR count). The monoisotopic (exact) mass is 402 g/mol. The Kier molecular flexibility index (Phi) is 12.3. The van der Waals surface area contributed by atoms with Crippen molar-refractivity contribution in [2.45, 2.75) is 53.9 Å². The number of aliphatic hydroxyl groups is 1. The summed E-state index contributed by atoms with van der Waals surface area (Å²) >= 11 is 0. The van der Waals surface area contributed by atoms with E-state index in [1.54, 1.807) is 6.08 Å². The van der Waals surface area contributed by atoms with Gasteiger partial charge in [0, 0.05) is 12.2 Å². The molecule has 0 aromatic heterocycles. The van der Waals surface area contributed by atoms with Crippen molar-refractivity contribution >= 4 is 11.9 Å². The van der Waals surface area contributed by atoms with Crippen molar-refractivity contribution in [3.8, 4) is 0 Å². The summed E-state index contributed by atoms with van der Waals surface area (Å²) < 4.78 is 0. The number of allylic oxidation sites excluding steroid dienone is 9. The minimum atomic E-state index is -1.26. The maximum Gasteiger partial charge on any atom is 0.328 e. The lowest BCUT2D eigenvalue weighted by Crippen LogP contribution is -2.19. The van der Waals surface area contributed by atoms with Gasteiger partial charge in [-0.25, -0.2) is 9.59 Å². The van der Waals surface area contributed by atoms with E-state index < -0.39 is 11.9 Å². The SMILES string of the molecule is CC1=C(/C=C/C(C)=C/C=C/C(C)=C/CO)C(C)(C)CCC1.O=C(O)/C=C/C(=O)O. The van der Waals surface area contributed by atoms with E-state index in [4.69, 9.17) is 15.3 Å². The number of carboxylic acid groups (broad SMARTS) is 2. The number of carbonyl (C=O) groups is 2. The summed E-state index contributed by atoms with van der Waals surface area (Å²) in [6, 6.07) is 0. The molecule has 5 heteroatoms. The molecule has 0 unspecified atom stereocenters. The van der Waals surface area contributed by atoms with Crippen LogP contribution in [0, 0.1) is 5.41 Å². The highest BCUT2D eigenvalue weighted by molar-refractivity contribution is 5.89. The summed E-state index contributed by atoms with van der Waals surface area (Å²) in [7, 11) is 0. The average molecular weight is 403 g/mol. The van der Waals surface area contributed by atoms with Crippen molar-refractivity contribution in [2.24, 2.45) is 5.41 Å². The molecular formula is C24H34O5. The molecule has 0 aliphatic heterocycles. The van der Waals surface area contributed by atoms with Crippen molar-refractivity contribution in [2.75, 3.05) is 6.61 Å². The molecule has 0 bridgehead atoms. The van der Waals surface area contributed by atoms with Gasteiger partial charge in [0.25, 0.3) is 0 Å². The molecule has 0 radical (unpaired) electrons. The number of carboxylic acids is 2. The Morgan fingerprint density at radius 2 is 1.59 bits per heavy atom. The van der Waals surface area contributed by atoms with Gasteiger partial charge in [-0.05, 0) is 51.0 Å². The van der Waals surface area contributed by atoms with E-state index in [0.717, 1.165) is 5.57 Å². The number of hydrogen-bond donors (Lipinski definition) is 3. The molecule has 0 fully saturated rings. The Balaban J connectivity index is 0.000000828. The van der Waals surface area contributed by atoms with Gasteiger partial charge in [-0.1, -0.05) is 67.0 Å². The van der Waals surface area contributed by atoms with E-state index in [1.165, 1.54) is 36.0 Å². The molecule has 160 valence electrons. The molecule has 0 aromatic carbocycles. The Morgan fingerprint density at radius 1 is 1.00 bits per heavy atom. The zero-order valence-corrected chi connectivity index (χ0v) is 18.1. The van der Waals surface area contributed by atoms with Gasteiger partial charge in [-0.2, -0.15) is 0 Å². The van der Waals surface area contributed by atoms with Crippen LogP contribution in [0.4, 0.5) is 0 Å². The molecule has 29 heavy (non-hydrogen) atoms. The molecule has 0 atom stereocenters. The first-order valence-corrected chi connectivity index (χ1v) is 9.64. The van der Waals surface area contributed by atoms with Crippen LogP contribution in [0.1, 0.15) is 53.9 Å². The third-order valence-electron chi connectivity index (χ3n) is 4.56. The molecule has 0 saturated carbocycles. The zero-order valence-electron chi connectivity index (χ0n) is 18.1. The van der Waals surface area contributed by atoms with Gasteiger partial charge in [0.1, 0.15) is 0 Å². The highest BCUT2D eigenvalue weighted by Gasteiger charge is 2.26. The van der Waals surface area contributed by atoms with Crippen LogP contribution in [-0.2, 0) is 9.59 Å². The van der Waals surface area contributed by atoms with Crippen molar-refractivity contribution in [1.82, 2.24) is 0 Å². The van der Waals surface area contributed by atoms with Gasteiger partial charge < -0.3 is 15.3 Å². The van der Waals surface area contributed by atoms with Crippen LogP contribution in [0.15, 0.2) is 70.9 Å². The fraction of sp³-hybridized carbons (Fsp3) is 0.417. The smallest absolute Gasteiger partial charge is 0.328 e. The fourth-order valence-electron chi connectivity index (χ4n) is 2.99. The quantitative estimate of drug-likeness (QED) is 0.401. The Hall–Kier alpha value is -2.66. The molecule has 3 N–H and O–H groups in total. The summed E-state index contributed by atoms with van der Waals surface area (Å²) in [6.07, 6.45) is 17.4. The summed E-state index contributed by atoms with van der Waals surface area (Å²) in [5.41, 5.74) is 5.66. The fourth-order valence-corrected chi connectivity index (χ4v) is 2.99. The maximum atomic E-state index is 9.55. The summed E-state index contributed by atoms with van der Waals surface area (Å²) in [6.45, 7) is 11.2. The molecule has 0 amide bonds. The molecule has 5 nitrogen and oxygen atoms in total. The number of aliphatic carboxylic acids is 2. The van der Waals surface area contributed by atoms with Crippen LogP contribution in [0.5, 0.6) is 0 Å².